The van der Waals surface area contributed by atoms with Crippen LogP contribution in [0.2, 0.25) is 5.02 Å². The second kappa shape index (κ2) is 7.93. The van der Waals surface area contributed by atoms with Crippen LogP contribution in [0, 0.1) is 0 Å². The number of benzene rings is 1. The molecule has 25 heavy (non-hydrogen) atoms. The van der Waals surface area contributed by atoms with Crippen molar-refractivity contribution in [2.24, 2.45) is 0 Å². The molecule has 1 aliphatic rings. The molecule has 0 saturated carbocycles. The quantitative estimate of drug-likeness (QED) is 0.793. The number of sulfone groups is 1. The summed E-state index contributed by atoms with van der Waals surface area (Å²) in [4.78, 5) is 16.0. The minimum atomic E-state index is -3.34. The fraction of sp³-hybridized carbons (Fsp3) is 0.588. The first-order valence-corrected chi connectivity index (χ1v) is 10.3. The van der Waals surface area contributed by atoms with E-state index in [-0.39, 0.29) is 16.7 Å². The fourth-order valence-corrected chi connectivity index (χ4v) is 3.90. The summed E-state index contributed by atoms with van der Waals surface area (Å²) in [5.74, 6) is 0.0427. The van der Waals surface area contributed by atoms with E-state index < -0.39 is 15.4 Å². The molecule has 1 saturated heterocycles. The van der Waals surface area contributed by atoms with Gasteiger partial charge in [0.25, 0.3) is 0 Å². The molecule has 1 heterocycles. The normalized spacial score (nSPS) is 16.7. The molecule has 6 nitrogen and oxygen atoms in total. The third-order valence-corrected chi connectivity index (χ3v) is 5.84. The van der Waals surface area contributed by atoms with Gasteiger partial charge in [-0.15, -0.1) is 0 Å². The van der Waals surface area contributed by atoms with E-state index in [4.69, 9.17) is 16.3 Å². The third kappa shape index (κ3) is 6.17. The molecule has 0 unspecified atom stereocenters. The molecule has 140 valence electrons. The molecule has 0 bridgehead atoms. The van der Waals surface area contributed by atoms with Crippen LogP contribution >= 0.6 is 11.6 Å². The molecule has 1 aliphatic heterocycles. The third-order valence-electron chi connectivity index (χ3n) is 3.87. The lowest BCUT2D eigenvalue weighted by molar-refractivity contribution is 0.0150. The van der Waals surface area contributed by atoms with Crippen LogP contribution in [0.25, 0.3) is 0 Å². The van der Waals surface area contributed by atoms with E-state index in [1.807, 2.05) is 25.7 Å². The molecular formula is C17H25ClN2O4S. The maximum Gasteiger partial charge on any atom is 0.410 e. The number of hydrogen-bond acceptors (Lipinski definition) is 5. The summed E-state index contributed by atoms with van der Waals surface area (Å²) in [5, 5.41) is 0.511. The van der Waals surface area contributed by atoms with Crippen molar-refractivity contribution in [3.05, 3.63) is 29.3 Å². The number of hydrogen-bond donors (Lipinski definition) is 0. The summed E-state index contributed by atoms with van der Waals surface area (Å²) in [6, 6.07) is 6.21. The highest BCUT2D eigenvalue weighted by Crippen LogP contribution is 2.16. The standard InChI is InChI=1S/C17H25ClN2O4S/c1-17(2,3)24-16(21)20-10-8-19(9-11-20)12-13-25(22,23)15-6-4-14(18)5-7-15/h4-7H,8-13H2,1-3H3. The SMILES string of the molecule is CC(C)(C)OC(=O)N1CCN(CCS(=O)(=O)c2ccc(Cl)cc2)CC1. The van der Waals surface area contributed by atoms with Crippen LogP contribution < -0.4 is 0 Å². The second-order valence-corrected chi connectivity index (χ2v) is 9.63. The number of nitrogens with zero attached hydrogens (tertiary/aromatic N) is 2. The number of ether oxygens (including phenoxy) is 1. The molecular weight excluding hydrogens is 364 g/mol. The van der Waals surface area contributed by atoms with E-state index in [0.29, 0.717) is 37.7 Å². The van der Waals surface area contributed by atoms with Gasteiger partial charge in [0, 0.05) is 37.7 Å². The van der Waals surface area contributed by atoms with E-state index in [9.17, 15) is 13.2 Å². The lowest BCUT2D eigenvalue weighted by Crippen LogP contribution is -2.50. The lowest BCUT2D eigenvalue weighted by atomic mass is 10.2. The number of carbonyl (C=O) groups excluding carboxylic acids is 1. The molecule has 0 aromatic heterocycles. The Morgan fingerprint density at radius 3 is 2.20 bits per heavy atom. The Morgan fingerprint density at radius 1 is 1.12 bits per heavy atom. The highest BCUT2D eigenvalue weighted by atomic mass is 35.5. The van der Waals surface area contributed by atoms with Gasteiger partial charge in [-0.1, -0.05) is 11.6 Å². The predicted molar refractivity (Wildman–Crippen MR) is 97.8 cm³/mol. The predicted octanol–water partition coefficient (Wildman–Crippen LogP) is 2.67. The number of halogens is 1. The molecule has 2 rings (SSSR count). The van der Waals surface area contributed by atoms with Gasteiger partial charge in [-0.3, -0.25) is 4.90 Å². The van der Waals surface area contributed by atoms with Gasteiger partial charge >= 0.3 is 6.09 Å². The molecule has 1 fully saturated rings. The van der Waals surface area contributed by atoms with Gasteiger partial charge in [0.05, 0.1) is 10.6 Å². The Kier molecular flexibility index (Phi) is 6.35. The zero-order valence-electron chi connectivity index (χ0n) is 14.9. The molecule has 0 radical (unpaired) electrons. The maximum absolute atomic E-state index is 12.4. The average molecular weight is 389 g/mol. The van der Waals surface area contributed by atoms with Gasteiger partial charge in [0.15, 0.2) is 9.84 Å². The van der Waals surface area contributed by atoms with Gasteiger partial charge in [0.1, 0.15) is 5.60 Å². The van der Waals surface area contributed by atoms with Crippen molar-refractivity contribution < 1.29 is 17.9 Å². The topological polar surface area (TPSA) is 66.9 Å². The minimum absolute atomic E-state index is 0.0427. The molecule has 0 N–H and O–H groups in total. The zero-order chi connectivity index (χ0) is 18.7. The Labute approximate surface area is 154 Å². The van der Waals surface area contributed by atoms with Crippen LogP contribution in [0.3, 0.4) is 0 Å². The van der Waals surface area contributed by atoms with Crippen molar-refractivity contribution >= 4 is 27.5 Å². The maximum atomic E-state index is 12.4. The smallest absolute Gasteiger partial charge is 0.410 e. The van der Waals surface area contributed by atoms with E-state index >= 15 is 0 Å². The molecule has 0 spiro atoms. The summed E-state index contributed by atoms with van der Waals surface area (Å²) >= 11 is 5.79. The zero-order valence-corrected chi connectivity index (χ0v) is 16.4. The minimum Gasteiger partial charge on any atom is -0.444 e. The van der Waals surface area contributed by atoms with Gasteiger partial charge < -0.3 is 9.64 Å². The number of amides is 1. The molecule has 1 aromatic carbocycles. The first-order valence-electron chi connectivity index (χ1n) is 8.25. The Morgan fingerprint density at radius 2 is 1.68 bits per heavy atom. The molecule has 0 aliphatic carbocycles. The van der Waals surface area contributed by atoms with Crippen molar-refractivity contribution in [1.82, 2.24) is 9.80 Å². The summed E-state index contributed by atoms with van der Waals surface area (Å²) in [5.41, 5.74) is -0.513. The van der Waals surface area contributed by atoms with Gasteiger partial charge in [-0.2, -0.15) is 0 Å². The summed E-state index contributed by atoms with van der Waals surface area (Å²) < 4.78 is 30.1. The van der Waals surface area contributed by atoms with Gasteiger partial charge in [-0.05, 0) is 45.0 Å². The van der Waals surface area contributed by atoms with Crippen molar-refractivity contribution in [2.75, 3.05) is 38.5 Å². The summed E-state index contributed by atoms with van der Waals surface area (Å²) in [6.07, 6.45) is -0.319. The van der Waals surface area contributed by atoms with Crippen LogP contribution in [-0.4, -0.2) is 68.4 Å². The monoisotopic (exact) mass is 388 g/mol. The Balaban J connectivity index is 1.82. The summed E-state index contributed by atoms with van der Waals surface area (Å²) in [7, 11) is -3.34. The fourth-order valence-electron chi connectivity index (χ4n) is 2.49. The highest BCUT2D eigenvalue weighted by Gasteiger charge is 2.26. The van der Waals surface area contributed by atoms with Gasteiger partial charge in [-0.25, -0.2) is 13.2 Å². The van der Waals surface area contributed by atoms with Crippen molar-refractivity contribution in [3.8, 4) is 0 Å². The highest BCUT2D eigenvalue weighted by molar-refractivity contribution is 7.91. The number of piperazine rings is 1. The first kappa shape index (κ1) is 20.0. The average Bonchev–Trinajstić information content (AvgIpc) is 2.52. The Bertz CT molecular complexity index is 690. The van der Waals surface area contributed by atoms with Gasteiger partial charge in [0.2, 0.25) is 0 Å². The molecule has 1 amide bonds. The van der Waals surface area contributed by atoms with Crippen LogP contribution in [0.1, 0.15) is 20.8 Å². The molecule has 1 aromatic rings. The van der Waals surface area contributed by atoms with Crippen LogP contribution in [0.5, 0.6) is 0 Å². The van der Waals surface area contributed by atoms with E-state index in [1.54, 1.807) is 17.0 Å². The van der Waals surface area contributed by atoms with Crippen LogP contribution in [0.15, 0.2) is 29.2 Å². The lowest BCUT2D eigenvalue weighted by Gasteiger charge is -2.35. The second-order valence-electron chi connectivity index (χ2n) is 7.08. The molecule has 0 atom stereocenters. The molecule has 8 heteroatoms. The summed E-state index contributed by atoms with van der Waals surface area (Å²) in [6.45, 7) is 8.29. The number of rotatable bonds is 4. The van der Waals surface area contributed by atoms with Crippen LogP contribution in [0.4, 0.5) is 4.79 Å². The van der Waals surface area contributed by atoms with E-state index in [2.05, 4.69) is 0 Å². The van der Waals surface area contributed by atoms with Crippen molar-refractivity contribution in [2.45, 2.75) is 31.3 Å². The Hall–Kier alpha value is -1.31. The number of carbonyl (C=O) groups is 1. The van der Waals surface area contributed by atoms with Crippen LogP contribution in [-0.2, 0) is 14.6 Å². The van der Waals surface area contributed by atoms with E-state index in [1.165, 1.54) is 12.1 Å². The van der Waals surface area contributed by atoms with E-state index in [0.717, 1.165) is 0 Å². The largest absolute Gasteiger partial charge is 0.444 e. The van der Waals surface area contributed by atoms with Crippen molar-refractivity contribution in [3.63, 3.8) is 0 Å². The van der Waals surface area contributed by atoms with Crippen molar-refractivity contribution in [1.29, 1.82) is 0 Å². The first-order chi connectivity index (χ1) is 11.6.